The molecule has 1 unspecified atom stereocenters. The molecule has 2 nitrogen and oxygen atoms in total. The summed E-state index contributed by atoms with van der Waals surface area (Å²) >= 11 is 0. The molecule has 0 spiro atoms. The third-order valence-corrected chi connectivity index (χ3v) is 3.49. The molecular formula is C17H30N2. The predicted molar refractivity (Wildman–Crippen MR) is 83.3 cm³/mol. The van der Waals surface area contributed by atoms with E-state index in [2.05, 4.69) is 43.2 Å². The highest BCUT2D eigenvalue weighted by atomic mass is 14.9. The van der Waals surface area contributed by atoms with E-state index < -0.39 is 0 Å². The Bertz CT molecular complexity index is 308. The molecule has 0 bridgehead atoms. The molecule has 0 aliphatic heterocycles. The van der Waals surface area contributed by atoms with Crippen molar-refractivity contribution < 1.29 is 0 Å². The zero-order valence-corrected chi connectivity index (χ0v) is 12.9. The molecule has 1 N–H and O–H groups in total. The average molecular weight is 262 g/mol. The Hall–Kier alpha value is -0.890. The van der Waals surface area contributed by atoms with E-state index in [4.69, 9.17) is 0 Å². The van der Waals surface area contributed by atoms with E-state index in [-0.39, 0.29) is 0 Å². The summed E-state index contributed by atoms with van der Waals surface area (Å²) in [5.74, 6) is 0.822. The number of nitrogens with zero attached hydrogens (tertiary/aromatic N) is 1. The van der Waals surface area contributed by atoms with Crippen molar-refractivity contribution in [1.29, 1.82) is 0 Å². The molecule has 0 saturated heterocycles. The lowest BCUT2D eigenvalue weighted by atomic mass is 9.99. The van der Waals surface area contributed by atoms with E-state index in [0.717, 1.165) is 18.9 Å². The summed E-state index contributed by atoms with van der Waals surface area (Å²) in [6.45, 7) is 7.98. The fourth-order valence-electron chi connectivity index (χ4n) is 2.34. The first-order valence-corrected chi connectivity index (χ1v) is 7.85. The van der Waals surface area contributed by atoms with E-state index >= 15 is 0 Å². The lowest BCUT2D eigenvalue weighted by Gasteiger charge is -2.19. The summed E-state index contributed by atoms with van der Waals surface area (Å²) in [7, 11) is 0. The second-order valence-electron chi connectivity index (χ2n) is 5.84. The minimum atomic E-state index is 0.653. The maximum atomic E-state index is 4.41. The zero-order chi connectivity index (χ0) is 13.9. The molecule has 0 fully saturated rings. The second-order valence-corrected chi connectivity index (χ2v) is 5.84. The Labute approximate surface area is 119 Å². The van der Waals surface area contributed by atoms with Crippen LogP contribution in [-0.2, 0) is 6.42 Å². The minimum Gasteiger partial charge on any atom is -0.314 e. The molecule has 1 aromatic heterocycles. The summed E-state index contributed by atoms with van der Waals surface area (Å²) in [5, 5.41) is 3.69. The molecule has 2 heteroatoms. The second kappa shape index (κ2) is 9.96. The van der Waals surface area contributed by atoms with Crippen molar-refractivity contribution in [3.05, 3.63) is 30.1 Å². The van der Waals surface area contributed by atoms with Gasteiger partial charge in [0.15, 0.2) is 0 Å². The maximum Gasteiger partial charge on any atom is 0.0404 e. The van der Waals surface area contributed by atoms with Crippen molar-refractivity contribution in [2.75, 3.05) is 6.54 Å². The van der Waals surface area contributed by atoms with Crippen LogP contribution in [0.1, 0.15) is 58.6 Å². The lowest BCUT2D eigenvalue weighted by Crippen LogP contribution is -2.30. The highest BCUT2D eigenvalue weighted by Gasteiger charge is 2.08. The highest BCUT2D eigenvalue weighted by Crippen LogP contribution is 2.12. The van der Waals surface area contributed by atoms with Crippen molar-refractivity contribution in [3.63, 3.8) is 0 Å². The Morgan fingerprint density at radius 3 is 2.63 bits per heavy atom. The van der Waals surface area contributed by atoms with Crippen molar-refractivity contribution >= 4 is 0 Å². The molecule has 0 amide bonds. The van der Waals surface area contributed by atoms with E-state index in [1.54, 1.807) is 0 Å². The molecule has 1 atom stereocenters. The van der Waals surface area contributed by atoms with Gasteiger partial charge < -0.3 is 5.32 Å². The molecule has 1 aromatic rings. The Morgan fingerprint density at radius 1 is 1.16 bits per heavy atom. The molecule has 0 radical (unpaired) electrons. The fraction of sp³-hybridized carbons (Fsp3) is 0.706. The van der Waals surface area contributed by atoms with Gasteiger partial charge in [0.05, 0.1) is 0 Å². The van der Waals surface area contributed by atoms with Crippen LogP contribution in [0.15, 0.2) is 24.4 Å². The number of aromatic nitrogens is 1. The van der Waals surface area contributed by atoms with Crippen LogP contribution in [0, 0.1) is 5.92 Å². The molecule has 108 valence electrons. The van der Waals surface area contributed by atoms with Gasteiger partial charge in [0, 0.05) is 17.9 Å². The molecular weight excluding hydrogens is 232 g/mol. The monoisotopic (exact) mass is 262 g/mol. The Kier molecular flexibility index (Phi) is 8.48. The van der Waals surface area contributed by atoms with Crippen molar-refractivity contribution in [1.82, 2.24) is 10.3 Å². The van der Waals surface area contributed by atoms with Crippen LogP contribution in [0.4, 0.5) is 0 Å². The SMILES string of the molecule is CCCNC(CCCC(C)C)CCc1ccccn1. The number of nitrogens with one attached hydrogen (secondary N) is 1. The van der Waals surface area contributed by atoms with E-state index in [1.807, 2.05) is 12.3 Å². The van der Waals surface area contributed by atoms with Gasteiger partial charge >= 0.3 is 0 Å². The Morgan fingerprint density at radius 2 is 2.00 bits per heavy atom. The third kappa shape index (κ3) is 7.99. The van der Waals surface area contributed by atoms with Crippen LogP contribution in [-0.4, -0.2) is 17.6 Å². The van der Waals surface area contributed by atoms with Gasteiger partial charge in [-0.3, -0.25) is 4.98 Å². The zero-order valence-electron chi connectivity index (χ0n) is 12.9. The topological polar surface area (TPSA) is 24.9 Å². The molecule has 1 heterocycles. The maximum absolute atomic E-state index is 4.41. The summed E-state index contributed by atoms with van der Waals surface area (Å²) in [6, 6.07) is 6.85. The standard InChI is InChI=1S/C17H30N2/c1-4-13-18-17(10-7-8-15(2)3)12-11-16-9-5-6-14-19-16/h5-6,9,14-15,17-18H,4,7-8,10-13H2,1-3H3. The van der Waals surface area contributed by atoms with Crippen LogP contribution in [0.3, 0.4) is 0 Å². The van der Waals surface area contributed by atoms with Crippen LogP contribution >= 0.6 is 0 Å². The molecule has 0 saturated carbocycles. The number of hydrogen-bond donors (Lipinski definition) is 1. The summed E-state index contributed by atoms with van der Waals surface area (Å²) in [4.78, 5) is 4.41. The van der Waals surface area contributed by atoms with Crippen LogP contribution < -0.4 is 5.32 Å². The van der Waals surface area contributed by atoms with Crippen LogP contribution in [0.25, 0.3) is 0 Å². The van der Waals surface area contributed by atoms with Gasteiger partial charge in [-0.1, -0.05) is 39.7 Å². The summed E-state index contributed by atoms with van der Waals surface area (Å²) in [5.41, 5.74) is 1.22. The molecule has 0 aliphatic rings. The molecule has 19 heavy (non-hydrogen) atoms. The van der Waals surface area contributed by atoms with Gasteiger partial charge in [0.25, 0.3) is 0 Å². The first-order valence-electron chi connectivity index (χ1n) is 7.85. The van der Waals surface area contributed by atoms with Crippen molar-refractivity contribution in [3.8, 4) is 0 Å². The first kappa shape index (κ1) is 16.2. The smallest absolute Gasteiger partial charge is 0.0404 e. The molecule has 0 aromatic carbocycles. The van der Waals surface area contributed by atoms with Gasteiger partial charge in [-0.2, -0.15) is 0 Å². The average Bonchev–Trinajstić information content (AvgIpc) is 2.42. The van der Waals surface area contributed by atoms with Gasteiger partial charge in [0.1, 0.15) is 0 Å². The van der Waals surface area contributed by atoms with Crippen LogP contribution in [0.5, 0.6) is 0 Å². The highest BCUT2D eigenvalue weighted by molar-refractivity contribution is 5.03. The molecule has 1 rings (SSSR count). The summed E-state index contributed by atoms with van der Waals surface area (Å²) < 4.78 is 0. The quantitative estimate of drug-likeness (QED) is 0.683. The number of aryl methyl sites for hydroxylation is 1. The van der Waals surface area contributed by atoms with E-state index in [1.165, 1.54) is 37.8 Å². The van der Waals surface area contributed by atoms with E-state index in [9.17, 15) is 0 Å². The number of pyridine rings is 1. The molecule has 0 aliphatic carbocycles. The predicted octanol–water partition coefficient (Wildman–Crippen LogP) is 4.21. The normalized spacial score (nSPS) is 12.8. The largest absolute Gasteiger partial charge is 0.314 e. The lowest BCUT2D eigenvalue weighted by molar-refractivity contribution is 0.416. The van der Waals surface area contributed by atoms with Crippen molar-refractivity contribution in [2.45, 2.75) is 65.3 Å². The number of rotatable bonds is 10. The third-order valence-electron chi connectivity index (χ3n) is 3.49. The van der Waals surface area contributed by atoms with Gasteiger partial charge in [-0.15, -0.1) is 0 Å². The Balaban J connectivity index is 2.31. The number of hydrogen-bond acceptors (Lipinski definition) is 2. The minimum absolute atomic E-state index is 0.653. The van der Waals surface area contributed by atoms with Gasteiger partial charge in [0.2, 0.25) is 0 Å². The van der Waals surface area contributed by atoms with Crippen molar-refractivity contribution in [2.24, 2.45) is 5.92 Å². The first-order chi connectivity index (χ1) is 9.22. The van der Waals surface area contributed by atoms with E-state index in [0.29, 0.717) is 6.04 Å². The fourth-order valence-corrected chi connectivity index (χ4v) is 2.34. The van der Waals surface area contributed by atoms with Gasteiger partial charge in [-0.05, 0) is 50.3 Å². The van der Waals surface area contributed by atoms with Crippen LogP contribution in [0.2, 0.25) is 0 Å². The summed E-state index contributed by atoms with van der Waals surface area (Å²) in [6.07, 6.45) is 9.37. The van der Waals surface area contributed by atoms with Gasteiger partial charge in [-0.25, -0.2) is 0 Å².